The number of aliphatic hydroxyl groups excluding tert-OH is 1. The van der Waals surface area contributed by atoms with Crippen LogP contribution in [0.25, 0.3) is 0 Å². The fourth-order valence-electron chi connectivity index (χ4n) is 3.05. The Hall–Kier alpha value is -2.48. The molecule has 120 valence electrons. The van der Waals surface area contributed by atoms with Gasteiger partial charge in [0, 0.05) is 32.5 Å². The van der Waals surface area contributed by atoms with Gasteiger partial charge in [-0.1, -0.05) is 0 Å². The summed E-state index contributed by atoms with van der Waals surface area (Å²) < 4.78 is 1.67. The van der Waals surface area contributed by atoms with Gasteiger partial charge in [0.25, 0.3) is 5.91 Å². The molecule has 0 radical (unpaired) electrons. The quantitative estimate of drug-likeness (QED) is 0.859. The number of aryl methyl sites for hydroxylation is 1. The third-order valence-electron chi connectivity index (χ3n) is 4.39. The zero-order valence-electron chi connectivity index (χ0n) is 12.9. The van der Waals surface area contributed by atoms with Gasteiger partial charge in [-0.15, -0.1) is 0 Å². The first kappa shape index (κ1) is 14.1. The van der Waals surface area contributed by atoms with Crippen LogP contribution in [0.4, 0.5) is 11.6 Å². The van der Waals surface area contributed by atoms with Crippen LogP contribution in [-0.2, 0) is 13.6 Å². The second-order valence-corrected chi connectivity index (χ2v) is 6.01. The molecule has 0 aromatic carbocycles. The average molecular weight is 314 g/mol. The molecule has 2 aromatic heterocycles. The molecule has 1 N–H and O–H groups in total. The maximum Gasteiger partial charge on any atom is 0.262 e. The van der Waals surface area contributed by atoms with Gasteiger partial charge in [-0.2, -0.15) is 5.10 Å². The van der Waals surface area contributed by atoms with Crippen molar-refractivity contribution in [1.29, 1.82) is 0 Å². The van der Waals surface area contributed by atoms with Crippen LogP contribution in [-0.4, -0.2) is 50.0 Å². The number of hydrogen-bond acceptors (Lipinski definition) is 6. The Morgan fingerprint density at radius 1 is 1.26 bits per heavy atom. The topological polar surface area (TPSA) is 87.4 Å². The summed E-state index contributed by atoms with van der Waals surface area (Å²) >= 11 is 0. The molecule has 2 aliphatic heterocycles. The van der Waals surface area contributed by atoms with Crippen molar-refractivity contribution < 1.29 is 9.90 Å². The fourth-order valence-corrected chi connectivity index (χ4v) is 3.05. The van der Waals surface area contributed by atoms with E-state index in [1.54, 1.807) is 22.0 Å². The van der Waals surface area contributed by atoms with E-state index in [0.717, 1.165) is 37.3 Å². The van der Waals surface area contributed by atoms with Gasteiger partial charge in [0.05, 0.1) is 35.8 Å². The Kier molecular flexibility index (Phi) is 3.26. The smallest absolute Gasteiger partial charge is 0.262 e. The first-order chi connectivity index (χ1) is 11.1. The number of carbonyl (C=O) groups is 1. The Bertz CT molecular complexity index is 750. The van der Waals surface area contributed by atoms with Gasteiger partial charge in [-0.05, 0) is 12.8 Å². The first-order valence-corrected chi connectivity index (χ1v) is 7.71. The first-order valence-electron chi connectivity index (χ1n) is 7.71. The van der Waals surface area contributed by atoms with Gasteiger partial charge in [-0.3, -0.25) is 14.4 Å². The lowest BCUT2D eigenvalue weighted by atomic mass is 10.1. The standard InChI is InChI=1S/C15H18N6O2/c1-19-8-10(6-17-19)21-9-13-12(14(21)23)7-16-15(18-13)20-4-2-11(22)3-5-20/h6-8,11,22H,2-5,9H2,1H3. The van der Waals surface area contributed by atoms with Crippen LogP contribution in [0, 0.1) is 0 Å². The molecule has 1 saturated heterocycles. The fraction of sp³-hybridized carbons (Fsp3) is 0.467. The van der Waals surface area contributed by atoms with Crippen molar-refractivity contribution in [3.8, 4) is 0 Å². The van der Waals surface area contributed by atoms with E-state index in [1.165, 1.54) is 0 Å². The van der Waals surface area contributed by atoms with Gasteiger partial charge < -0.3 is 10.0 Å². The van der Waals surface area contributed by atoms with Crippen molar-refractivity contribution in [2.75, 3.05) is 22.9 Å². The monoisotopic (exact) mass is 314 g/mol. The molecular weight excluding hydrogens is 296 g/mol. The summed E-state index contributed by atoms with van der Waals surface area (Å²) in [5, 5.41) is 13.7. The second-order valence-electron chi connectivity index (χ2n) is 6.01. The molecule has 2 aliphatic rings. The molecule has 2 aromatic rings. The van der Waals surface area contributed by atoms with E-state index in [0.29, 0.717) is 18.1 Å². The number of fused-ring (bicyclic) bond motifs is 1. The molecule has 0 spiro atoms. The molecule has 0 aliphatic carbocycles. The summed E-state index contributed by atoms with van der Waals surface area (Å²) in [7, 11) is 1.82. The highest BCUT2D eigenvalue weighted by Crippen LogP contribution is 2.28. The lowest BCUT2D eigenvalue weighted by molar-refractivity contribution is 0.0996. The molecule has 0 unspecified atom stereocenters. The summed E-state index contributed by atoms with van der Waals surface area (Å²) in [6.07, 6.45) is 6.31. The van der Waals surface area contributed by atoms with E-state index >= 15 is 0 Å². The van der Waals surface area contributed by atoms with Crippen molar-refractivity contribution in [2.24, 2.45) is 7.05 Å². The minimum Gasteiger partial charge on any atom is -0.393 e. The van der Waals surface area contributed by atoms with Crippen LogP contribution < -0.4 is 9.80 Å². The summed E-state index contributed by atoms with van der Waals surface area (Å²) in [4.78, 5) is 25.1. The number of rotatable bonds is 2. The lowest BCUT2D eigenvalue weighted by Gasteiger charge is -2.29. The number of anilines is 2. The molecular formula is C15H18N6O2. The molecule has 23 heavy (non-hydrogen) atoms. The van der Waals surface area contributed by atoms with Crippen LogP contribution in [0.15, 0.2) is 18.6 Å². The minimum atomic E-state index is -0.233. The Morgan fingerprint density at radius 2 is 2.04 bits per heavy atom. The van der Waals surface area contributed by atoms with Crippen molar-refractivity contribution in [3.05, 3.63) is 29.8 Å². The number of aromatic nitrogens is 4. The van der Waals surface area contributed by atoms with E-state index < -0.39 is 0 Å². The number of carbonyl (C=O) groups excluding carboxylic acids is 1. The minimum absolute atomic E-state index is 0.0892. The average Bonchev–Trinajstić information content (AvgIpc) is 3.11. The molecule has 1 amide bonds. The van der Waals surface area contributed by atoms with Gasteiger partial charge in [0.15, 0.2) is 0 Å². The SMILES string of the molecule is Cn1cc(N2Cc3nc(N4CCC(O)CC4)ncc3C2=O)cn1. The van der Waals surface area contributed by atoms with E-state index in [9.17, 15) is 9.90 Å². The summed E-state index contributed by atoms with van der Waals surface area (Å²) in [5.41, 5.74) is 2.06. The number of aliphatic hydroxyl groups is 1. The van der Waals surface area contributed by atoms with Crippen LogP contribution in [0.2, 0.25) is 0 Å². The lowest BCUT2D eigenvalue weighted by Crippen LogP contribution is -2.37. The number of piperidine rings is 1. The van der Waals surface area contributed by atoms with Crippen LogP contribution in [0.5, 0.6) is 0 Å². The second kappa shape index (κ2) is 5.31. The normalized spacial score (nSPS) is 18.6. The van der Waals surface area contributed by atoms with Gasteiger partial charge in [0.2, 0.25) is 5.95 Å². The highest BCUT2D eigenvalue weighted by molar-refractivity contribution is 6.09. The molecule has 8 heteroatoms. The molecule has 0 bridgehead atoms. The van der Waals surface area contributed by atoms with Gasteiger partial charge in [-0.25, -0.2) is 9.97 Å². The Morgan fingerprint density at radius 3 is 2.74 bits per heavy atom. The van der Waals surface area contributed by atoms with E-state index in [2.05, 4.69) is 20.0 Å². The van der Waals surface area contributed by atoms with Crippen molar-refractivity contribution in [3.63, 3.8) is 0 Å². The summed E-state index contributed by atoms with van der Waals surface area (Å²) in [6.45, 7) is 1.91. The van der Waals surface area contributed by atoms with Gasteiger partial charge in [0.1, 0.15) is 0 Å². The van der Waals surface area contributed by atoms with E-state index in [1.807, 2.05) is 13.2 Å². The maximum atomic E-state index is 12.5. The molecule has 4 heterocycles. The predicted molar refractivity (Wildman–Crippen MR) is 83.2 cm³/mol. The largest absolute Gasteiger partial charge is 0.393 e. The van der Waals surface area contributed by atoms with Crippen molar-refractivity contribution in [2.45, 2.75) is 25.5 Å². The van der Waals surface area contributed by atoms with Crippen LogP contribution >= 0.6 is 0 Å². The van der Waals surface area contributed by atoms with Crippen LogP contribution in [0.1, 0.15) is 28.9 Å². The van der Waals surface area contributed by atoms with Crippen molar-refractivity contribution >= 4 is 17.5 Å². The summed E-state index contributed by atoms with van der Waals surface area (Å²) in [6, 6.07) is 0. The van der Waals surface area contributed by atoms with Crippen LogP contribution in [0.3, 0.4) is 0 Å². The van der Waals surface area contributed by atoms with E-state index in [-0.39, 0.29) is 12.0 Å². The maximum absolute atomic E-state index is 12.5. The highest BCUT2D eigenvalue weighted by Gasteiger charge is 2.32. The van der Waals surface area contributed by atoms with Crippen molar-refractivity contribution in [1.82, 2.24) is 19.7 Å². The third-order valence-corrected chi connectivity index (χ3v) is 4.39. The summed E-state index contributed by atoms with van der Waals surface area (Å²) in [5.74, 6) is 0.546. The molecule has 8 nitrogen and oxygen atoms in total. The number of amides is 1. The molecule has 0 atom stereocenters. The number of hydrogen-bond donors (Lipinski definition) is 1. The molecule has 1 fully saturated rings. The Labute approximate surface area is 133 Å². The molecule has 4 rings (SSSR count). The molecule has 0 saturated carbocycles. The predicted octanol–water partition coefficient (Wildman–Crippen LogP) is 0.332. The zero-order valence-corrected chi connectivity index (χ0v) is 12.9. The highest BCUT2D eigenvalue weighted by atomic mass is 16.3. The van der Waals surface area contributed by atoms with E-state index in [4.69, 9.17) is 0 Å². The zero-order chi connectivity index (χ0) is 16.0. The third kappa shape index (κ3) is 2.44. The number of nitrogens with zero attached hydrogens (tertiary/aromatic N) is 6. The van der Waals surface area contributed by atoms with Gasteiger partial charge >= 0.3 is 0 Å². The Balaban J connectivity index is 1.59.